The van der Waals surface area contributed by atoms with Crippen molar-refractivity contribution in [3.8, 4) is 33.8 Å². The third kappa shape index (κ3) is 4.50. The summed E-state index contributed by atoms with van der Waals surface area (Å²) in [6, 6.07) is 28.2. The number of benzene rings is 4. The minimum absolute atomic E-state index is 0.199. The Hall–Kier alpha value is -4.84. The summed E-state index contributed by atoms with van der Waals surface area (Å²) in [6.45, 7) is 0.312. The summed E-state index contributed by atoms with van der Waals surface area (Å²) in [7, 11) is 0. The van der Waals surface area contributed by atoms with E-state index in [0.717, 1.165) is 27.8 Å². The second-order valence-electron chi connectivity index (χ2n) is 8.25. The highest BCUT2D eigenvalue weighted by Crippen LogP contribution is 2.32. The normalized spacial score (nSPS) is 13.9. The monoisotopic (exact) mass is 462 g/mol. The summed E-state index contributed by atoms with van der Waals surface area (Å²) in [6.07, 6.45) is 1.56. The predicted octanol–water partition coefficient (Wildman–Crippen LogP) is 4.83. The maximum atomic E-state index is 12.7. The standard InChI is InChI=1S/C29H22N2O4/c32-26-12-9-18(13-27(26)33)16-30-17-25-24-15-22(10-11-23(24)28(34)31-29(25)35)21-8-4-7-20(14-21)19-5-2-1-3-6-19/h1-15,17,30,32-33H,16H2,(H,31,34,35). The molecule has 4 aromatic carbocycles. The molecule has 0 saturated carbocycles. The van der Waals surface area contributed by atoms with Gasteiger partial charge in [0.25, 0.3) is 11.8 Å². The molecular weight excluding hydrogens is 440 g/mol. The highest BCUT2D eigenvalue weighted by molar-refractivity contribution is 6.31. The van der Waals surface area contributed by atoms with Crippen LogP contribution in [-0.2, 0) is 11.3 Å². The summed E-state index contributed by atoms with van der Waals surface area (Å²) in [5.74, 6) is -1.34. The van der Waals surface area contributed by atoms with Crippen LogP contribution in [0.15, 0.2) is 97.2 Å². The number of hydrogen-bond acceptors (Lipinski definition) is 5. The lowest BCUT2D eigenvalue weighted by Crippen LogP contribution is -2.37. The predicted molar refractivity (Wildman–Crippen MR) is 134 cm³/mol. The summed E-state index contributed by atoms with van der Waals surface area (Å²) in [5.41, 5.74) is 6.05. The van der Waals surface area contributed by atoms with Crippen molar-refractivity contribution >= 4 is 17.4 Å². The van der Waals surface area contributed by atoms with E-state index in [-0.39, 0.29) is 11.5 Å². The van der Waals surface area contributed by atoms with E-state index in [1.165, 1.54) is 12.1 Å². The van der Waals surface area contributed by atoms with Crippen molar-refractivity contribution in [2.45, 2.75) is 6.54 Å². The lowest BCUT2D eigenvalue weighted by molar-refractivity contribution is -0.114. The molecule has 0 aliphatic carbocycles. The van der Waals surface area contributed by atoms with Crippen molar-refractivity contribution in [1.82, 2.24) is 10.6 Å². The molecule has 2 amide bonds. The second kappa shape index (κ2) is 9.19. The van der Waals surface area contributed by atoms with E-state index in [2.05, 4.69) is 28.8 Å². The Morgan fingerprint density at radius 3 is 2.14 bits per heavy atom. The third-order valence-electron chi connectivity index (χ3n) is 5.92. The Balaban J connectivity index is 1.48. The van der Waals surface area contributed by atoms with E-state index in [0.29, 0.717) is 23.2 Å². The fraction of sp³-hybridized carbons (Fsp3) is 0.0345. The Morgan fingerprint density at radius 2 is 1.37 bits per heavy atom. The molecule has 0 aromatic heterocycles. The van der Waals surface area contributed by atoms with Crippen molar-refractivity contribution in [3.63, 3.8) is 0 Å². The molecular formula is C29H22N2O4. The Kier molecular flexibility index (Phi) is 5.77. The molecule has 0 atom stereocenters. The first-order valence-corrected chi connectivity index (χ1v) is 11.1. The summed E-state index contributed by atoms with van der Waals surface area (Å²) in [4.78, 5) is 25.1. The molecule has 6 nitrogen and oxygen atoms in total. The van der Waals surface area contributed by atoms with Gasteiger partial charge in [0.05, 0.1) is 5.57 Å². The van der Waals surface area contributed by atoms with Gasteiger partial charge in [0.1, 0.15) is 0 Å². The molecule has 0 radical (unpaired) electrons. The first kappa shape index (κ1) is 22.0. The zero-order valence-electron chi connectivity index (χ0n) is 18.7. The molecule has 6 heteroatoms. The van der Waals surface area contributed by atoms with Gasteiger partial charge in [-0.15, -0.1) is 0 Å². The SMILES string of the molecule is O=C1NC(=O)c2ccc(-c3cccc(-c4ccccc4)c3)cc2C1=CNCc1ccc(O)c(O)c1. The van der Waals surface area contributed by atoms with Crippen LogP contribution in [0.5, 0.6) is 11.5 Å². The van der Waals surface area contributed by atoms with Crippen molar-refractivity contribution in [2.75, 3.05) is 0 Å². The number of amides is 2. The van der Waals surface area contributed by atoms with E-state index in [9.17, 15) is 19.8 Å². The molecule has 0 fully saturated rings. The van der Waals surface area contributed by atoms with Crippen LogP contribution in [0, 0.1) is 0 Å². The number of phenolic OH excluding ortho intramolecular Hbond substituents is 2. The van der Waals surface area contributed by atoms with E-state index in [1.54, 1.807) is 18.3 Å². The number of nitrogens with one attached hydrogen (secondary N) is 2. The van der Waals surface area contributed by atoms with Crippen molar-refractivity contribution in [3.05, 3.63) is 114 Å². The highest BCUT2D eigenvalue weighted by atomic mass is 16.3. The second-order valence-corrected chi connectivity index (χ2v) is 8.25. The number of rotatable bonds is 5. The fourth-order valence-electron chi connectivity index (χ4n) is 4.11. The van der Waals surface area contributed by atoms with Gasteiger partial charge < -0.3 is 15.5 Å². The molecule has 0 spiro atoms. The van der Waals surface area contributed by atoms with E-state index >= 15 is 0 Å². The molecule has 0 bridgehead atoms. The molecule has 1 aliphatic rings. The zero-order valence-corrected chi connectivity index (χ0v) is 18.7. The molecule has 0 unspecified atom stereocenters. The summed E-state index contributed by atoms with van der Waals surface area (Å²) >= 11 is 0. The number of imide groups is 1. The lowest BCUT2D eigenvalue weighted by Gasteiger charge is -2.20. The maximum Gasteiger partial charge on any atom is 0.260 e. The van der Waals surface area contributed by atoms with Gasteiger partial charge in [-0.25, -0.2) is 0 Å². The van der Waals surface area contributed by atoms with Gasteiger partial charge in [-0.3, -0.25) is 14.9 Å². The fourth-order valence-corrected chi connectivity index (χ4v) is 4.11. The quantitative estimate of drug-likeness (QED) is 0.193. The van der Waals surface area contributed by atoms with Gasteiger partial charge in [-0.2, -0.15) is 0 Å². The van der Waals surface area contributed by atoms with Gasteiger partial charge in [0.15, 0.2) is 11.5 Å². The molecule has 172 valence electrons. The minimum atomic E-state index is -0.487. The van der Waals surface area contributed by atoms with Crippen LogP contribution in [-0.4, -0.2) is 22.0 Å². The Labute approximate surface area is 202 Å². The van der Waals surface area contributed by atoms with Crippen LogP contribution >= 0.6 is 0 Å². The molecule has 0 saturated heterocycles. The van der Waals surface area contributed by atoms with Crippen LogP contribution in [0.3, 0.4) is 0 Å². The van der Waals surface area contributed by atoms with Gasteiger partial charge in [0.2, 0.25) is 0 Å². The molecule has 4 aromatic rings. The van der Waals surface area contributed by atoms with Crippen LogP contribution in [0.2, 0.25) is 0 Å². The van der Waals surface area contributed by atoms with Gasteiger partial charge in [-0.05, 0) is 58.1 Å². The van der Waals surface area contributed by atoms with E-state index < -0.39 is 11.8 Å². The van der Waals surface area contributed by atoms with Crippen molar-refractivity contribution in [2.24, 2.45) is 0 Å². The summed E-state index contributed by atoms with van der Waals surface area (Å²) < 4.78 is 0. The topological polar surface area (TPSA) is 98.7 Å². The van der Waals surface area contributed by atoms with Crippen LogP contribution in [0.25, 0.3) is 27.8 Å². The smallest absolute Gasteiger partial charge is 0.260 e. The maximum absolute atomic E-state index is 12.7. The highest BCUT2D eigenvalue weighted by Gasteiger charge is 2.27. The number of phenols is 2. The van der Waals surface area contributed by atoms with Gasteiger partial charge >= 0.3 is 0 Å². The van der Waals surface area contributed by atoms with E-state index in [4.69, 9.17) is 0 Å². The Morgan fingerprint density at radius 1 is 0.657 bits per heavy atom. The molecule has 35 heavy (non-hydrogen) atoms. The average molecular weight is 463 g/mol. The number of hydrogen-bond donors (Lipinski definition) is 4. The average Bonchev–Trinajstić information content (AvgIpc) is 2.88. The minimum Gasteiger partial charge on any atom is -0.504 e. The lowest BCUT2D eigenvalue weighted by atomic mass is 9.91. The molecule has 1 heterocycles. The molecule has 1 aliphatic heterocycles. The van der Waals surface area contributed by atoms with Crippen LogP contribution in [0.1, 0.15) is 21.5 Å². The number of carbonyl (C=O) groups excluding carboxylic acids is 2. The van der Waals surface area contributed by atoms with Gasteiger partial charge in [-0.1, -0.05) is 60.7 Å². The van der Waals surface area contributed by atoms with Crippen LogP contribution in [0.4, 0.5) is 0 Å². The Bertz CT molecular complexity index is 1480. The molecule has 5 rings (SSSR count). The van der Waals surface area contributed by atoms with E-state index in [1.807, 2.05) is 48.5 Å². The number of fused-ring (bicyclic) bond motifs is 1. The summed E-state index contributed by atoms with van der Waals surface area (Å²) in [5, 5.41) is 24.6. The zero-order chi connectivity index (χ0) is 24.4. The number of aromatic hydroxyl groups is 2. The van der Waals surface area contributed by atoms with Crippen molar-refractivity contribution < 1.29 is 19.8 Å². The van der Waals surface area contributed by atoms with Gasteiger partial charge in [0, 0.05) is 23.9 Å². The first-order chi connectivity index (χ1) is 17.0. The number of carbonyl (C=O) groups is 2. The third-order valence-corrected chi connectivity index (χ3v) is 5.92. The largest absolute Gasteiger partial charge is 0.504 e. The van der Waals surface area contributed by atoms with Crippen LogP contribution < -0.4 is 10.6 Å². The first-order valence-electron chi connectivity index (χ1n) is 11.1. The molecule has 4 N–H and O–H groups in total. The van der Waals surface area contributed by atoms with Crippen molar-refractivity contribution in [1.29, 1.82) is 0 Å².